The molecule has 0 saturated carbocycles. The lowest BCUT2D eigenvalue weighted by molar-refractivity contribution is -0.496. The molecule has 2 saturated heterocycles. The van der Waals surface area contributed by atoms with Crippen LogP contribution in [0, 0.1) is 0 Å². The fourth-order valence-electron chi connectivity index (χ4n) is 2.86. The van der Waals surface area contributed by atoms with Gasteiger partial charge in [0.05, 0.1) is 11.6 Å². The van der Waals surface area contributed by atoms with Crippen LogP contribution in [0.4, 0.5) is 0 Å². The summed E-state index contributed by atoms with van der Waals surface area (Å²) in [5.41, 5.74) is 0.341. The van der Waals surface area contributed by atoms with Crippen LogP contribution in [-0.2, 0) is 29.8 Å². The van der Waals surface area contributed by atoms with Crippen LogP contribution in [0.15, 0.2) is 18.2 Å². The van der Waals surface area contributed by atoms with Crippen molar-refractivity contribution in [3.8, 4) is 5.75 Å². The van der Waals surface area contributed by atoms with Gasteiger partial charge in [-0.3, -0.25) is 0 Å². The lowest BCUT2D eigenvalue weighted by atomic mass is 9.99. The predicted octanol–water partition coefficient (Wildman–Crippen LogP) is -0.746. The minimum Gasteiger partial charge on any atom is -0.460 e. The van der Waals surface area contributed by atoms with Crippen molar-refractivity contribution in [2.75, 3.05) is 27.1 Å². The van der Waals surface area contributed by atoms with Crippen molar-refractivity contribution in [1.29, 1.82) is 0 Å². The molecule has 1 aromatic rings. The molecule has 0 radical (unpaired) electrons. The fraction of sp³-hybridized carbons (Fsp3) is 0.625. The van der Waals surface area contributed by atoms with E-state index in [1.165, 1.54) is 13.2 Å². The van der Waals surface area contributed by atoms with Gasteiger partial charge < -0.3 is 39.4 Å². The van der Waals surface area contributed by atoms with Crippen LogP contribution in [0.1, 0.15) is 5.56 Å². The van der Waals surface area contributed by atoms with E-state index in [-0.39, 0.29) is 24.2 Å². The SMILES string of the molecule is COC1(c2cccc(O[C@@H]3OC(CO)[C@H](O)C(O)C3O)c2Cl)COCOO1. The number of ether oxygens (including phenoxy) is 4. The van der Waals surface area contributed by atoms with Gasteiger partial charge in [0.15, 0.2) is 6.79 Å². The Morgan fingerprint density at radius 3 is 2.63 bits per heavy atom. The molecule has 1 aromatic carbocycles. The van der Waals surface area contributed by atoms with Crippen molar-refractivity contribution in [1.82, 2.24) is 0 Å². The molecule has 2 aliphatic heterocycles. The van der Waals surface area contributed by atoms with Gasteiger partial charge in [0.25, 0.3) is 5.79 Å². The normalized spacial score (nSPS) is 37.2. The van der Waals surface area contributed by atoms with E-state index in [9.17, 15) is 20.4 Å². The third-order valence-electron chi connectivity index (χ3n) is 4.41. The van der Waals surface area contributed by atoms with Gasteiger partial charge in [-0.15, -0.1) is 0 Å². The van der Waals surface area contributed by atoms with Crippen molar-refractivity contribution < 1.29 is 49.1 Å². The highest BCUT2D eigenvalue weighted by molar-refractivity contribution is 6.32. The highest BCUT2D eigenvalue weighted by Gasteiger charge is 2.45. The first-order valence-corrected chi connectivity index (χ1v) is 8.51. The van der Waals surface area contributed by atoms with Gasteiger partial charge >= 0.3 is 0 Å². The number of aliphatic hydroxyl groups is 4. The largest absolute Gasteiger partial charge is 0.460 e. The zero-order chi connectivity index (χ0) is 19.6. The summed E-state index contributed by atoms with van der Waals surface area (Å²) in [6.07, 6.45) is -7.13. The third kappa shape index (κ3) is 3.91. The van der Waals surface area contributed by atoms with E-state index in [1.807, 2.05) is 0 Å². The van der Waals surface area contributed by atoms with E-state index in [1.54, 1.807) is 12.1 Å². The summed E-state index contributed by atoms with van der Waals surface area (Å²) in [7, 11) is 1.39. The maximum atomic E-state index is 10.1. The minimum absolute atomic E-state index is 0.00667. The highest BCUT2D eigenvalue weighted by atomic mass is 35.5. The van der Waals surface area contributed by atoms with Gasteiger partial charge in [0.1, 0.15) is 36.8 Å². The maximum Gasteiger partial charge on any atom is 0.252 e. The second-order valence-electron chi connectivity index (χ2n) is 6.06. The molecule has 3 rings (SSSR count). The van der Waals surface area contributed by atoms with Gasteiger partial charge in [0.2, 0.25) is 6.29 Å². The van der Waals surface area contributed by atoms with Crippen molar-refractivity contribution >= 4 is 11.6 Å². The lowest BCUT2D eigenvalue weighted by Crippen LogP contribution is -2.60. The summed E-state index contributed by atoms with van der Waals surface area (Å²) >= 11 is 6.42. The van der Waals surface area contributed by atoms with Crippen LogP contribution in [0.5, 0.6) is 5.75 Å². The minimum atomic E-state index is -1.57. The topological polar surface area (TPSA) is 136 Å². The molecule has 4 unspecified atom stereocenters. The van der Waals surface area contributed by atoms with E-state index in [0.717, 1.165) is 0 Å². The second kappa shape index (κ2) is 8.53. The van der Waals surface area contributed by atoms with Crippen molar-refractivity contribution in [2.45, 2.75) is 36.5 Å². The van der Waals surface area contributed by atoms with Crippen LogP contribution < -0.4 is 4.74 Å². The number of methoxy groups -OCH3 is 1. The number of rotatable bonds is 5. The summed E-state index contributed by atoms with van der Waals surface area (Å²) in [6.45, 7) is -0.635. The van der Waals surface area contributed by atoms with Crippen LogP contribution in [0.2, 0.25) is 5.02 Å². The van der Waals surface area contributed by atoms with Gasteiger partial charge in [-0.1, -0.05) is 23.7 Å². The Bertz CT molecular complexity index is 636. The van der Waals surface area contributed by atoms with Gasteiger partial charge in [-0.25, -0.2) is 4.89 Å². The molecule has 11 heteroatoms. The highest BCUT2D eigenvalue weighted by Crippen LogP contribution is 2.40. The maximum absolute atomic E-state index is 10.1. The summed E-state index contributed by atoms with van der Waals surface area (Å²) in [4.78, 5) is 10.1. The Balaban J connectivity index is 1.85. The third-order valence-corrected chi connectivity index (χ3v) is 4.80. The number of benzene rings is 1. The molecular formula is C16H21ClO10. The van der Waals surface area contributed by atoms with E-state index < -0.39 is 43.1 Å². The molecule has 10 nitrogen and oxygen atoms in total. The number of hydrogen-bond donors (Lipinski definition) is 4. The van der Waals surface area contributed by atoms with Crippen LogP contribution in [0.3, 0.4) is 0 Å². The monoisotopic (exact) mass is 408 g/mol. The first kappa shape index (κ1) is 20.7. The van der Waals surface area contributed by atoms with Crippen molar-refractivity contribution in [3.63, 3.8) is 0 Å². The smallest absolute Gasteiger partial charge is 0.252 e. The van der Waals surface area contributed by atoms with Gasteiger partial charge in [-0.05, 0) is 6.07 Å². The molecule has 2 aliphatic rings. The molecule has 2 fully saturated rings. The Hall–Kier alpha value is -1.05. The Labute approximate surface area is 159 Å². The molecule has 6 atom stereocenters. The molecular weight excluding hydrogens is 388 g/mol. The average Bonchev–Trinajstić information content (AvgIpc) is 2.70. The zero-order valence-electron chi connectivity index (χ0n) is 14.4. The molecule has 2 heterocycles. The van der Waals surface area contributed by atoms with E-state index >= 15 is 0 Å². The molecule has 152 valence electrons. The first-order valence-electron chi connectivity index (χ1n) is 8.13. The summed E-state index contributed by atoms with van der Waals surface area (Å²) < 4.78 is 21.5. The second-order valence-corrected chi connectivity index (χ2v) is 6.44. The lowest BCUT2D eigenvalue weighted by Gasteiger charge is -2.40. The van der Waals surface area contributed by atoms with E-state index in [4.69, 9.17) is 40.3 Å². The summed E-state index contributed by atoms with van der Waals surface area (Å²) in [5.74, 6) is -1.34. The van der Waals surface area contributed by atoms with Crippen LogP contribution in [0.25, 0.3) is 0 Å². The van der Waals surface area contributed by atoms with Crippen LogP contribution in [-0.4, -0.2) is 78.2 Å². The number of halogens is 1. The summed E-state index contributed by atoms with van der Waals surface area (Å²) in [6, 6.07) is 4.71. The summed E-state index contributed by atoms with van der Waals surface area (Å²) in [5, 5.41) is 39.2. The average molecular weight is 409 g/mol. The van der Waals surface area contributed by atoms with Crippen LogP contribution >= 0.6 is 11.6 Å². The molecule has 0 aromatic heterocycles. The molecule has 0 spiro atoms. The number of hydrogen-bond acceptors (Lipinski definition) is 10. The zero-order valence-corrected chi connectivity index (χ0v) is 15.1. The predicted molar refractivity (Wildman–Crippen MR) is 87.5 cm³/mol. The molecule has 4 N–H and O–H groups in total. The van der Waals surface area contributed by atoms with Gasteiger partial charge in [0, 0.05) is 12.7 Å². The Morgan fingerprint density at radius 1 is 1.22 bits per heavy atom. The van der Waals surface area contributed by atoms with Crippen molar-refractivity contribution in [3.05, 3.63) is 28.8 Å². The fourth-order valence-corrected chi connectivity index (χ4v) is 3.18. The van der Waals surface area contributed by atoms with Gasteiger partial charge in [-0.2, -0.15) is 4.89 Å². The van der Waals surface area contributed by atoms with Crippen molar-refractivity contribution in [2.24, 2.45) is 0 Å². The van der Waals surface area contributed by atoms with E-state index in [2.05, 4.69) is 0 Å². The number of aliphatic hydroxyl groups excluding tert-OH is 4. The first-order chi connectivity index (χ1) is 12.9. The Morgan fingerprint density at radius 2 is 2.00 bits per heavy atom. The van der Waals surface area contributed by atoms with E-state index in [0.29, 0.717) is 5.56 Å². The molecule has 27 heavy (non-hydrogen) atoms. The molecule has 0 bridgehead atoms. The Kier molecular flexibility index (Phi) is 6.54. The standard InChI is InChI=1S/C16H21ClO10/c1-22-16(6-23-7-24-27-16)8-3-2-4-9(11(8)17)25-15-14(21)13(20)12(19)10(5-18)26-15/h2-4,10,12-15,18-21H,5-7H2,1H3/t10?,12-,13?,14?,15+,16?/m0/s1. The molecule has 0 aliphatic carbocycles. The quantitative estimate of drug-likeness (QED) is 0.461. The molecule has 0 amide bonds.